The molecule has 0 aliphatic heterocycles. The van der Waals surface area contributed by atoms with Crippen LogP contribution >= 0.6 is 43.5 Å². The molecule has 0 aliphatic carbocycles. The van der Waals surface area contributed by atoms with Crippen LogP contribution in [0.25, 0.3) is 10.9 Å². The maximum atomic E-state index is 6.01. The number of anilines is 1. The van der Waals surface area contributed by atoms with Gasteiger partial charge in [0, 0.05) is 27.4 Å². The molecule has 0 N–H and O–H groups in total. The van der Waals surface area contributed by atoms with Crippen LogP contribution in [-0.2, 0) is 0 Å². The first-order valence-corrected chi connectivity index (χ1v) is 7.60. The van der Waals surface area contributed by atoms with E-state index in [2.05, 4.69) is 60.6 Å². The number of rotatable bonds is 3. The van der Waals surface area contributed by atoms with E-state index in [4.69, 9.17) is 11.6 Å². The highest BCUT2D eigenvalue weighted by Crippen LogP contribution is 2.33. The Kier molecular flexibility index (Phi) is 4.45. The zero-order chi connectivity index (χ0) is 13.3. The van der Waals surface area contributed by atoms with Gasteiger partial charge in [-0.05, 0) is 53.5 Å². The summed E-state index contributed by atoms with van der Waals surface area (Å²) in [6.45, 7) is 5.95. The lowest BCUT2D eigenvalue weighted by Gasteiger charge is -2.21. The molecule has 0 unspecified atom stereocenters. The summed E-state index contributed by atoms with van der Waals surface area (Å²) >= 11 is 13.0. The number of hydrogen-bond acceptors (Lipinski definition) is 3. The fourth-order valence-corrected chi connectivity index (χ4v) is 3.36. The van der Waals surface area contributed by atoms with Crippen LogP contribution in [0.5, 0.6) is 0 Å². The van der Waals surface area contributed by atoms with Crippen molar-refractivity contribution in [3.8, 4) is 0 Å². The minimum Gasteiger partial charge on any atom is -0.357 e. The lowest BCUT2D eigenvalue weighted by atomic mass is 10.2. The number of nitrogens with zero attached hydrogens (tertiary/aromatic N) is 3. The monoisotopic (exact) mass is 391 g/mol. The highest BCUT2D eigenvalue weighted by molar-refractivity contribution is 9.11. The van der Waals surface area contributed by atoms with Crippen molar-refractivity contribution in [1.29, 1.82) is 0 Å². The van der Waals surface area contributed by atoms with Gasteiger partial charge in [-0.1, -0.05) is 15.9 Å². The highest BCUT2D eigenvalue weighted by Gasteiger charge is 2.14. The first-order chi connectivity index (χ1) is 8.56. The van der Waals surface area contributed by atoms with Gasteiger partial charge in [0.05, 0.1) is 5.52 Å². The molecule has 0 spiro atoms. The SMILES string of the molecule is CCN(CC)c1nc(Cl)nc2c(Br)cc(Br)cc12. The molecular formula is C12H12Br2ClN3. The number of hydrogen-bond donors (Lipinski definition) is 0. The topological polar surface area (TPSA) is 29.0 Å². The number of aromatic nitrogens is 2. The Balaban J connectivity index is 2.79. The summed E-state index contributed by atoms with van der Waals surface area (Å²) in [6, 6.07) is 3.97. The third-order valence-corrected chi connectivity index (χ3v) is 3.97. The van der Waals surface area contributed by atoms with Gasteiger partial charge in [0.25, 0.3) is 0 Å². The largest absolute Gasteiger partial charge is 0.357 e. The Morgan fingerprint density at radius 3 is 2.44 bits per heavy atom. The average molecular weight is 394 g/mol. The van der Waals surface area contributed by atoms with Gasteiger partial charge in [0.15, 0.2) is 0 Å². The molecule has 0 atom stereocenters. The van der Waals surface area contributed by atoms with Crippen molar-refractivity contribution in [3.63, 3.8) is 0 Å². The van der Waals surface area contributed by atoms with E-state index in [0.717, 1.165) is 38.8 Å². The highest BCUT2D eigenvalue weighted by atomic mass is 79.9. The van der Waals surface area contributed by atoms with Crippen molar-refractivity contribution in [2.75, 3.05) is 18.0 Å². The molecule has 2 rings (SSSR count). The van der Waals surface area contributed by atoms with Gasteiger partial charge in [-0.2, -0.15) is 4.98 Å². The van der Waals surface area contributed by atoms with E-state index in [-0.39, 0.29) is 5.28 Å². The summed E-state index contributed by atoms with van der Waals surface area (Å²) in [6.07, 6.45) is 0. The zero-order valence-electron chi connectivity index (χ0n) is 10.0. The fraction of sp³-hybridized carbons (Fsp3) is 0.333. The maximum Gasteiger partial charge on any atom is 0.224 e. The Morgan fingerprint density at radius 1 is 1.17 bits per heavy atom. The molecule has 0 amide bonds. The summed E-state index contributed by atoms with van der Waals surface area (Å²) in [5, 5.41) is 1.26. The summed E-state index contributed by atoms with van der Waals surface area (Å²) in [4.78, 5) is 10.8. The molecule has 96 valence electrons. The number of fused-ring (bicyclic) bond motifs is 1. The Morgan fingerprint density at radius 2 is 1.83 bits per heavy atom. The van der Waals surface area contributed by atoms with Gasteiger partial charge in [0.1, 0.15) is 5.82 Å². The van der Waals surface area contributed by atoms with E-state index in [0.29, 0.717) is 0 Å². The number of halogens is 3. The van der Waals surface area contributed by atoms with E-state index in [1.54, 1.807) is 0 Å². The zero-order valence-corrected chi connectivity index (χ0v) is 14.0. The Bertz CT molecular complexity index is 585. The molecule has 3 nitrogen and oxygen atoms in total. The molecule has 6 heteroatoms. The summed E-state index contributed by atoms with van der Waals surface area (Å²) in [7, 11) is 0. The van der Waals surface area contributed by atoms with Crippen molar-refractivity contribution in [2.45, 2.75) is 13.8 Å². The van der Waals surface area contributed by atoms with Crippen LogP contribution in [0.15, 0.2) is 21.1 Å². The molecule has 1 heterocycles. The van der Waals surface area contributed by atoms with E-state index in [1.807, 2.05) is 12.1 Å². The minimum absolute atomic E-state index is 0.271. The second-order valence-electron chi connectivity index (χ2n) is 3.77. The minimum atomic E-state index is 0.271. The van der Waals surface area contributed by atoms with Crippen LogP contribution in [0.1, 0.15) is 13.8 Å². The maximum absolute atomic E-state index is 6.01. The third kappa shape index (κ3) is 2.63. The van der Waals surface area contributed by atoms with Gasteiger partial charge in [0.2, 0.25) is 5.28 Å². The van der Waals surface area contributed by atoms with E-state index >= 15 is 0 Å². The molecule has 18 heavy (non-hydrogen) atoms. The molecule has 0 radical (unpaired) electrons. The van der Waals surface area contributed by atoms with Crippen molar-refractivity contribution in [2.24, 2.45) is 0 Å². The molecule has 0 fully saturated rings. The lowest BCUT2D eigenvalue weighted by Crippen LogP contribution is -2.23. The summed E-state index contributed by atoms with van der Waals surface area (Å²) in [5.41, 5.74) is 0.833. The van der Waals surface area contributed by atoms with Crippen molar-refractivity contribution >= 4 is 60.2 Å². The van der Waals surface area contributed by atoms with E-state index in [9.17, 15) is 0 Å². The van der Waals surface area contributed by atoms with Crippen LogP contribution in [0.4, 0.5) is 5.82 Å². The van der Waals surface area contributed by atoms with E-state index < -0.39 is 0 Å². The predicted octanol–water partition coefficient (Wildman–Crippen LogP) is 4.65. The van der Waals surface area contributed by atoms with Crippen molar-refractivity contribution < 1.29 is 0 Å². The first-order valence-electron chi connectivity index (χ1n) is 5.64. The quantitative estimate of drug-likeness (QED) is 0.711. The van der Waals surface area contributed by atoms with Gasteiger partial charge in [-0.25, -0.2) is 4.98 Å². The van der Waals surface area contributed by atoms with E-state index in [1.165, 1.54) is 0 Å². The molecule has 2 aromatic rings. The molecule has 1 aromatic carbocycles. The third-order valence-electron chi connectivity index (χ3n) is 2.73. The molecule has 0 bridgehead atoms. The smallest absolute Gasteiger partial charge is 0.224 e. The van der Waals surface area contributed by atoms with Gasteiger partial charge < -0.3 is 4.90 Å². The standard InChI is InChI=1S/C12H12Br2ClN3/c1-3-18(4-2)11-8-5-7(13)6-9(14)10(8)16-12(15)17-11/h5-6H,3-4H2,1-2H3. The number of benzene rings is 1. The summed E-state index contributed by atoms with van der Waals surface area (Å²) < 4.78 is 1.89. The van der Waals surface area contributed by atoms with Crippen LogP contribution < -0.4 is 4.90 Å². The second kappa shape index (κ2) is 5.72. The van der Waals surface area contributed by atoms with Crippen LogP contribution in [-0.4, -0.2) is 23.1 Å². The average Bonchev–Trinajstić information content (AvgIpc) is 2.32. The Labute approximate surface area is 128 Å². The Hall–Kier alpha value is -0.390. The van der Waals surface area contributed by atoms with Crippen molar-refractivity contribution in [3.05, 3.63) is 26.4 Å². The molecule has 0 saturated carbocycles. The normalized spacial score (nSPS) is 10.9. The van der Waals surface area contributed by atoms with Crippen LogP contribution in [0, 0.1) is 0 Å². The fourth-order valence-electron chi connectivity index (χ4n) is 1.88. The van der Waals surface area contributed by atoms with Crippen molar-refractivity contribution in [1.82, 2.24) is 9.97 Å². The molecule has 0 saturated heterocycles. The molecular weight excluding hydrogens is 381 g/mol. The molecule has 0 aliphatic rings. The lowest BCUT2D eigenvalue weighted by molar-refractivity contribution is 0.849. The molecule has 1 aromatic heterocycles. The van der Waals surface area contributed by atoms with Gasteiger partial charge >= 0.3 is 0 Å². The van der Waals surface area contributed by atoms with Gasteiger partial charge in [-0.15, -0.1) is 0 Å². The van der Waals surface area contributed by atoms with Crippen LogP contribution in [0.3, 0.4) is 0 Å². The summed E-state index contributed by atoms with van der Waals surface area (Å²) in [5.74, 6) is 0.872. The first kappa shape index (κ1) is 14.0. The van der Waals surface area contributed by atoms with Gasteiger partial charge in [-0.3, -0.25) is 0 Å². The second-order valence-corrected chi connectivity index (χ2v) is 5.88. The van der Waals surface area contributed by atoms with Crippen LogP contribution in [0.2, 0.25) is 5.28 Å². The predicted molar refractivity (Wildman–Crippen MR) is 83.5 cm³/mol.